The number of ketones is 1. The van der Waals surface area contributed by atoms with Gasteiger partial charge in [-0.2, -0.15) is 0 Å². The molecule has 91 heavy (non-hydrogen) atoms. The highest BCUT2D eigenvalue weighted by Gasteiger charge is 2.52. The van der Waals surface area contributed by atoms with Gasteiger partial charge in [0.25, 0.3) is 0 Å². The number of hydrogen-bond acceptors (Lipinski definition) is 25. The number of fused-ring (bicyclic) bond motifs is 2. The fourth-order valence-corrected chi connectivity index (χ4v) is 11.7. The van der Waals surface area contributed by atoms with Gasteiger partial charge in [-0.25, -0.2) is 0 Å². The second kappa shape index (κ2) is 37.8. The lowest BCUT2D eigenvalue weighted by Crippen LogP contribution is -2.66. The van der Waals surface area contributed by atoms with Crippen LogP contribution < -0.4 is 11.1 Å². The van der Waals surface area contributed by atoms with Crippen LogP contribution in [0.4, 0.5) is 5.69 Å². The van der Waals surface area contributed by atoms with Crippen molar-refractivity contribution in [3.8, 4) is 0 Å². The largest absolute Gasteiger partial charge is 0.481 e. The van der Waals surface area contributed by atoms with E-state index in [-0.39, 0.29) is 49.7 Å². The van der Waals surface area contributed by atoms with Crippen LogP contribution in [-0.2, 0) is 38.0 Å². The zero-order valence-electron chi connectivity index (χ0n) is 51.9. The number of benzene rings is 1. The lowest BCUT2D eigenvalue weighted by molar-refractivity contribution is -0.345. The lowest BCUT2D eigenvalue weighted by atomic mass is 9.82. The summed E-state index contributed by atoms with van der Waals surface area (Å²) in [5.41, 5.74) is 7.76. The average molecular weight is 1290 g/mol. The molecule has 5 rings (SSSR count). The van der Waals surface area contributed by atoms with E-state index in [9.17, 15) is 91.0 Å². The maximum absolute atomic E-state index is 13.4. The molecule has 0 amide bonds. The zero-order valence-corrected chi connectivity index (χ0v) is 51.9. The maximum Gasteiger partial charge on any atom is 0.311 e. The van der Waals surface area contributed by atoms with Crippen LogP contribution in [0.3, 0.4) is 0 Å². The van der Waals surface area contributed by atoms with E-state index in [0.29, 0.717) is 12.0 Å². The van der Waals surface area contributed by atoms with Crippen LogP contribution in [0, 0.1) is 17.8 Å². The maximum atomic E-state index is 13.4. The number of ether oxygens (including phenoxy) is 6. The molecule has 26 nitrogen and oxygen atoms in total. The standard InChI is InChI=1S/C65H98N2O24/c1-36-17-15-13-11-9-7-5-6-8-10-12-14-16-18-48(87-63-57(80)55(66)61(38(3)86-63)90-64-59(82)58(81)56(79)52(35-68)88-64)32-51-54(62(83)84)50(77)34-65(85,91-51)33-47(75)29-45(73)27-43(71)25-42(70)26-44(72)28-46(74)31-53(78)89-60(36)37(2)19-24-41(69)30-49(76)39-20-22-40(67-4)23-21-39/h5-18,20-23,36-38,41-48,50-52,54-61,63-64,67-75,77,79-82,85H,19,24-35,66H2,1-4H3,(H,83,84)/b6-5-,9-7-,10-8-,13-11-,14-12-,17-15-,18-16-/t36?,37?,38-,41?,42?,43?,44?,45?,46?,47?,48?,50?,51?,52-,54?,55-,56-,57+,58+,59+,60?,61-,63+,64+,65?/m1/s1. The predicted octanol–water partition coefficient (Wildman–Crippen LogP) is 0.362. The minimum Gasteiger partial charge on any atom is -0.481 e. The van der Waals surface area contributed by atoms with Gasteiger partial charge in [0.15, 0.2) is 24.2 Å². The molecule has 3 fully saturated rings. The number of nitrogens with one attached hydrogen (secondary N) is 1. The molecule has 0 saturated carbocycles. The van der Waals surface area contributed by atoms with Crippen LogP contribution in [0.1, 0.15) is 108 Å². The number of cyclic esters (lactones) is 1. The molecule has 512 valence electrons. The molecule has 15 unspecified atom stereocenters. The molecular weight excluding hydrogens is 1190 g/mol. The predicted molar refractivity (Wildman–Crippen MR) is 329 cm³/mol. The SMILES string of the molecule is CNc1ccc(C(=O)CC(O)CCC(C)C2OC(=O)CC(O)CC(O)CC(O)CC(O)CC(O)CC(O)CC3(O)CC(O)C(C(=O)O)C(CC(O[C@@H]4O[C@H](C)[C@@H](O[C@@H]5O[C@H](CO)[C@@H](O)[C@H](O)[C@@H]5O)[C@H](N)[C@@H]4O)\C=C/C=C\C=C/C=C\C=C/C=C\C=C/C2C)O3)cc1. The third-order valence-corrected chi connectivity index (χ3v) is 16.6. The summed E-state index contributed by atoms with van der Waals surface area (Å²) in [6, 6.07) is 5.54. The number of aliphatic hydroxyl groups excluding tert-OH is 13. The van der Waals surface area contributed by atoms with E-state index in [0.717, 1.165) is 5.69 Å². The third kappa shape index (κ3) is 24.7. The molecule has 1 aromatic rings. The van der Waals surface area contributed by atoms with Gasteiger partial charge >= 0.3 is 11.9 Å². The highest BCUT2D eigenvalue weighted by Crippen LogP contribution is 2.39. The fraction of sp³-hybridized carbons (Fsp3) is 0.646. The number of aliphatic carboxylic acids is 1. The summed E-state index contributed by atoms with van der Waals surface area (Å²) in [7, 11) is 1.76. The van der Waals surface area contributed by atoms with E-state index in [2.05, 4.69) is 5.32 Å². The van der Waals surface area contributed by atoms with Gasteiger partial charge in [-0.1, -0.05) is 98.9 Å². The molecule has 3 saturated heterocycles. The van der Waals surface area contributed by atoms with E-state index in [1.54, 1.807) is 98.1 Å². The number of carboxylic acid groups (broad SMARTS) is 1. The van der Waals surface area contributed by atoms with Crippen LogP contribution in [0.25, 0.3) is 0 Å². The van der Waals surface area contributed by atoms with Gasteiger partial charge in [0.1, 0.15) is 48.6 Å². The number of carboxylic acids is 1. The Morgan fingerprint density at radius 1 is 0.670 bits per heavy atom. The number of Topliss-reactive ketones (excluding diaryl/α,β-unsaturated/α-hetero) is 1. The summed E-state index contributed by atoms with van der Waals surface area (Å²) < 4.78 is 35.6. The molecule has 0 spiro atoms. The molecule has 1 aromatic carbocycles. The number of esters is 1. The number of nitrogens with two attached hydrogens (primary N) is 1. The van der Waals surface area contributed by atoms with Crippen molar-refractivity contribution in [1.82, 2.24) is 0 Å². The Morgan fingerprint density at radius 3 is 1.75 bits per heavy atom. The Labute approximate surface area is 530 Å². The van der Waals surface area contributed by atoms with Crippen LogP contribution in [0.15, 0.2) is 109 Å². The summed E-state index contributed by atoms with van der Waals surface area (Å²) in [5.74, 6) is -7.31. The van der Waals surface area contributed by atoms with Crippen molar-refractivity contribution in [1.29, 1.82) is 0 Å². The van der Waals surface area contributed by atoms with Crippen molar-refractivity contribution in [2.45, 2.75) is 232 Å². The summed E-state index contributed by atoms with van der Waals surface area (Å²) in [4.78, 5) is 39.1. The van der Waals surface area contributed by atoms with Crippen molar-refractivity contribution in [2.75, 3.05) is 19.0 Å². The lowest BCUT2D eigenvalue weighted by Gasteiger charge is -2.47. The van der Waals surface area contributed by atoms with Crippen molar-refractivity contribution in [2.24, 2.45) is 23.5 Å². The Bertz CT molecular complexity index is 2580. The van der Waals surface area contributed by atoms with Crippen molar-refractivity contribution < 1.29 is 119 Å². The van der Waals surface area contributed by atoms with Crippen LogP contribution in [0.5, 0.6) is 0 Å². The van der Waals surface area contributed by atoms with Gasteiger partial charge in [-0.15, -0.1) is 0 Å². The molecular formula is C65H98N2O24. The molecule has 26 heteroatoms. The minimum atomic E-state index is -2.41. The summed E-state index contributed by atoms with van der Waals surface area (Å²) >= 11 is 0. The Morgan fingerprint density at radius 2 is 1.20 bits per heavy atom. The molecule has 25 atom stereocenters. The molecule has 4 aliphatic rings. The molecule has 18 N–H and O–H groups in total. The fourth-order valence-electron chi connectivity index (χ4n) is 11.7. The molecule has 0 radical (unpaired) electrons. The van der Waals surface area contributed by atoms with Gasteiger partial charge in [0.2, 0.25) is 0 Å². The van der Waals surface area contributed by atoms with E-state index < -0.39 is 197 Å². The molecule has 2 bridgehead atoms. The second-order valence-electron chi connectivity index (χ2n) is 24.4. The Balaban J connectivity index is 1.34. The summed E-state index contributed by atoms with van der Waals surface area (Å²) in [5, 5.41) is 165. The molecule has 0 aliphatic carbocycles. The van der Waals surface area contributed by atoms with Crippen LogP contribution in [0.2, 0.25) is 0 Å². The van der Waals surface area contributed by atoms with Crippen LogP contribution >= 0.6 is 0 Å². The van der Waals surface area contributed by atoms with Crippen molar-refractivity contribution in [3.05, 3.63) is 115 Å². The van der Waals surface area contributed by atoms with Gasteiger partial charge in [-0.3, -0.25) is 14.4 Å². The average Bonchev–Trinajstić information content (AvgIpc) is 0.850. The van der Waals surface area contributed by atoms with Gasteiger partial charge < -0.3 is 116 Å². The summed E-state index contributed by atoms with van der Waals surface area (Å²) in [6.07, 6.45) is -8.62. The number of carbonyl (C=O) groups excluding carboxylic acids is 2. The minimum absolute atomic E-state index is 0.113. The first-order valence-corrected chi connectivity index (χ1v) is 31.1. The Kier molecular flexibility index (Phi) is 31.9. The van der Waals surface area contributed by atoms with Gasteiger partial charge in [-0.05, 0) is 82.1 Å². The van der Waals surface area contributed by atoms with Gasteiger partial charge in [0.05, 0.1) is 86.2 Å². The first kappa shape index (κ1) is 76.7. The number of rotatable bonds is 14. The zero-order chi connectivity index (χ0) is 67.1. The third-order valence-electron chi connectivity index (χ3n) is 16.6. The number of allylic oxidation sites excluding steroid dienone is 12. The van der Waals surface area contributed by atoms with E-state index in [4.69, 9.17) is 34.2 Å². The number of carbonyl (C=O) groups is 3. The number of hydrogen-bond donors (Lipinski definition) is 17. The molecule has 0 aromatic heterocycles. The smallest absolute Gasteiger partial charge is 0.311 e. The van der Waals surface area contributed by atoms with Gasteiger partial charge in [0, 0.05) is 49.9 Å². The topological polar surface area (TPSA) is 448 Å². The quantitative estimate of drug-likeness (QED) is 0.0883. The number of anilines is 1. The van der Waals surface area contributed by atoms with E-state index >= 15 is 0 Å². The molecule has 4 aliphatic heterocycles. The van der Waals surface area contributed by atoms with Crippen molar-refractivity contribution >= 4 is 23.4 Å². The van der Waals surface area contributed by atoms with Crippen LogP contribution in [-0.4, -0.2) is 242 Å². The Hall–Kier alpha value is -4.99. The first-order valence-electron chi connectivity index (χ1n) is 31.1. The summed E-state index contributed by atoms with van der Waals surface area (Å²) in [6.45, 7) is 4.44. The van der Waals surface area contributed by atoms with Crippen molar-refractivity contribution in [3.63, 3.8) is 0 Å². The highest BCUT2D eigenvalue weighted by molar-refractivity contribution is 5.96. The number of aliphatic hydroxyl groups is 14. The molecule has 4 heterocycles. The van der Waals surface area contributed by atoms with E-state index in [1.807, 2.05) is 19.9 Å². The normalized spacial score (nSPS) is 40.8. The first-order chi connectivity index (χ1) is 43.1. The second-order valence-corrected chi connectivity index (χ2v) is 24.4. The monoisotopic (exact) mass is 1290 g/mol. The van der Waals surface area contributed by atoms with E-state index in [1.165, 1.54) is 19.1 Å². The highest BCUT2D eigenvalue weighted by atomic mass is 16.7.